The maximum atomic E-state index is 11.8. The topological polar surface area (TPSA) is 68.0 Å². The highest BCUT2D eigenvalue weighted by molar-refractivity contribution is 7.99. The number of hydrogen-bond acceptors (Lipinski definition) is 7. The monoisotopic (exact) mass is 329 g/mol. The number of nitrogens with zero attached hydrogens (tertiary/aromatic N) is 2. The summed E-state index contributed by atoms with van der Waals surface area (Å²) in [6.45, 7) is 1.97. The van der Waals surface area contributed by atoms with E-state index in [0.717, 1.165) is 4.88 Å². The Bertz CT molecular complexity index is 542. The van der Waals surface area contributed by atoms with E-state index < -0.39 is 0 Å². The molecule has 0 bridgehead atoms. The Labute approximate surface area is 129 Å². The second-order valence-corrected chi connectivity index (χ2v) is 6.76. The Morgan fingerprint density at radius 1 is 1.55 bits per heavy atom. The van der Waals surface area contributed by atoms with Crippen molar-refractivity contribution in [2.45, 2.75) is 23.9 Å². The van der Waals surface area contributed by atoms with E-state index >= 15 is 0 Å². The van der Waals surface area contributed by atoms with Gasteiger partial charge in [-0.2, -0.15) is 11.8 Å². The molecule has 0 aliphatic heterocycles. The van der Waals surface area contributed by atoms with Crippen molar-refractivity contribution in [3.63, 3.8) is 0 Å². The van der Waals surface area contributed by atoms with E-state index in [0.29, 0.717) is 16.9 Å². The molecule has 0 spiro atoms. The lowest BCUT2D eigenvalue weighted by Gasteiger charge is -2.11. The molecular weight excluding hydrogens is 314 g/mol. The molecule has 1 atom stereocenters. The minimum absolute atomic E-state index is 0.0258. The summed E-state index contributed by atoms with van der Waals surface area (Å²) >= 11 is 4.50. The zero-order chi connectivity index (χ0) is 14.4. The van der Waals surface area contributed by atoms with Crippen molar-refractivity contribution in [3.05, 3.63) is 28.3 Å². The maximum absolute atomic E-state index is 11.8. The van der Waals surface area contributed by atoms with Crippen molar-refractivity contribution in [1.82, 2.24) is 15.5 Å². The smallest absolute Gasteiger partial charge is 0.277 e. The first-order valence-electron chi connectivity index (χ1n) is 5.96. The molecule has 5 nitrogen and oxygen atoms in total. The summed E-state index contributed by atoms with van der Waals surface area (Å²) in [6.07, 6.45) is 1.97. The van der Waals surface area contributed by atoms with E-state index in [-0.39, 0.29) is 17.7 Å². The summed E-state index contributed by atoms with van der Waals surface area (Å²) in [4.78, 5) is 13.0. The molecule has 1 amide bonds. The van der Waals surface area contributed by atoms with Crippen LogP contribution in [0.5, 0.6) is 0 Å². The van der Waals surface area contributed by atoms with Gasteiger partial charge in [-0.3, -0.25) is 4.79 Å². The SMILES string of the molecule is CSCc1nnc(SCC(=O)NC(C)c2cccs2)o1. The number of carbonyl (C=O) groups excluding carboxylic acids is 1. The van der Waals surface area contributed by atoms with E-state index in [1.54, 1.807) is 23.1 Å². The van der Waals surface area contributed by atoms with E-state index in [1.807, 2.05) is 30.7 Å². The normalized spacial score (nSPS) is 12.3. The van der Waals surface area contributed by atoms with Gasteiger partial charge in [0.2, 0.25) is 11.8 Å². The second kappa shape index (κ2) is 7.70. The summed E-state index contributed by atoms with van der Waals surface area (Å²) in [7, 11) is 0. The Balaban J connectivity index is 1.77. The van der Waals surface area contributed by atoms with Gasteiger partial charge in [-0.1, -0.05) is 17.8 Å². The highest BCUT2D eigenvalue weighted by Gasteiger charge is 2.13. The van der Waals surface area contributed by atoms with Crippen LogP contribution >= 0.6 is 34.9 Å². The van der Waals surface area contributed by atoms with Crippen LogP contribution in [-0.4, -0.2) is 28.1 Å². The lowest BCUT2D eigenvalue weighted by Crippen LogP contribution is -2.27. The van der Waals surface area contributed by atoms with Gasteiger partial charge in [0.25, 0.3) is 5.22 Å². The minimum atomic E-state index is -0.0412. The lowest BCUT2D eigenvalue weighted by atomic mass is 10.3. The summed E-state index contributed by atoms with van der Waals surface area (Å²) in [6, 6.07) is 4.01. The fraction of sp³-hybridized carbons (Fsp3) is 0.417. The summed E-state index contributed by atoms with van der Waals surface area (Å²) in [5.41, 5.74) is 0. The van der Waals surface area contributed by atoms with Crippen molar-refractivity contribution in [3.8, 4) is 0 Å². The van der Waals surface area contributed by atoms with Crippen LogP contribution in [0.2, 0.25) is 0 Å². The van der Waals surface area contributed by atoms with Gasteiger partial charge in [-0.05, 0) is 24.6 Å². The second-order valence-electron chi connectivity index (χ2n) is 3.99. The van der Waals surface area contributed by atoms with Crippen molar-refractivity contribution in [1.29, 1.82) is 0 Å². The predicted octanol–water partition coefficient (Wildman–Crippen LogP) is 2.96. The van der Waals surface area contributed by atoms with Gasteiger partial charge in [-0.15, -0.1) is 21.5 Å². The molecule has 0 radical (unpaired) electrons. The Morgan fingerprint density at radius 3 is 3.10 bits per heavy atom. The van der Waals surface area contributed by atoms with E-state index in [1.165, 1.54) is 11.8 Å². The molecule has 20 heavy (non-hydrogen) atoms. The van der Waals surface area contributed by atoms with E-state index in [2.05, 4.69) is 15.5 Å². The minimum Gasteiger partial charge on any atom is -0.415 e. The number of thiophene rings is 1. The standard InChI is InChI=1S/C12H15N3O2S3/c1-8(9-4-3-5-19-9)13-10(16)6-20-12-15-14-11(17-12)7-18-2/h3-5,8H,6-7H2,1-2H3,(H,13,16). The zero-order valence-corrected chi connectivity index (χ0v) is 13.6. The molecule has 2 heterocycles. The molecule has 0 saturated carbocycles. The lowest BCUT2D eigenvalue weighted by molar-refractivity contribution is -0.119. The molecule has 2 aromatic rings. The molecule has 0 aliphatic rings. The van der Waals surface area contributed by atoms with Crippen LogP contribution in [-0.2, 0) is 10.5 Å². The Morgan fingerprint density at radius 2 is 2.40 bits per heavy atom. The summed E-state index contributed by atoms with van der Waals surface area (Å²) in [5, 5.41) is 13.2. The van der Waals surface area contributed by atoms with E-state index in [4.69, 9.17) is 4.42 Å². The van der Waals surface area contributed by atoms with Crippen LogP contribution in [0.4, 0.5) is 0 Å². The van der Waals surface area contributed by atoms with Crippen LogP contribution in [0, 0.1) is 0 Å². The highest BCUT2D eigenvalue weighted by atomic mass is 32.2. The van der Waals surface area contributed by atoms with Crippen molar-refractivity contribution in [2.75, 3.05) is 12.0 Å². The molecule has 0 aromatic carbocycles. The molecule has 1 N–H and O–H groups in total. The molecule has 2 rings (SSSR count). The zero-order valence-electron chi connectivity index (χ0n) is 11.2. The number of aromatic nitrogens is 2. The molecule has 108 valence electrons. The van der Waals surface area contributed by atoms with Crippen molar-refractivity contribution >= 4 is 40.8 Å². The van der Waals surface area contributed by atoms with Crippen LogP contribution < -0.4 is 5.32 Å². The predicted molar refractivity (Wildman–Crippen MR) is 83.1 cm³/mol. The first-order valence-corrected chi connectivity index (χ1v) is 9.22. The number of nitrogens with one attached hydrogen (secondary N) is 1. The Kier molecular flexibility index (Phi) is 5.93. The van der Waals surface area contributed by atoms with Crippen LogP contribution in [0.3, 0.4) is 0 Å². The van der Waals surface area contributed by atoms with Crippen LogP contribution in [0.1, 0.15) is 23.7 Å². The fourth-order valence-electron chi connectivity index (χ4n) is 1.50. The quantitative estimate of drug-likeness (QED) is 0.788. The van der Waals surface area contributed by atoms with Gasteiger partial charge in [0.15, 0.2) is 0 Å². The van der Waals surface area contributed by atoms with Crippen LogP contribution in [0.25, 0.3) is 0 Å². The maximum Gasteiger partial charge on any atom is 0.277 e. The third-order valence-corrected chi connectivity index (χ3v) is 4.80. The number of hydrogen-bond donors (Lipinski definition) is 1. The van der Waals surface area contributed by atoms with Crippen LogP contribution in [0.15, 0.2) is 27.2 Å². The number of thioether (sulfide) groups is 2. The van der Waals surface area contributed by atoms with Gasteiger partial charge < -0.3 is 9.73 Å². The molecule has 2 aromatic heterocycles. The molecule has 0 fully saturated rings. The van der Waals surface area contributed by atoms with Gasteiger partial charge in [-0.25, -0.2) is 0 Å². The summed E-state index contributed by atoms with van der Waals surface area (Å²) in [5.74, 6) is 1.51. The number of carbonyl (C=O) groups is 1. The van der Waals surface area contributed by atoms with E-state index in [9.17, 15) is 4.79 Å². The van der Waals surface area contributed by atoms with Gasteiger partial charge in [0.1, 0.15) is 0 Å². The summed E-state index contributed by atoms with van der Waals surface area (Å²) < 4.78 is 5.39. The molecule has 1 unspecified atom stereocenters. The molecule has 8 heteroatoms. The number of rotatable bonds is 7. The first kappa shape index (κ1) is 15.4. The third kappa shape index (κ3) is 4.53. The molecular formula is C12H15N3O2S3. The molecule has 0 saturated heterocycles. The Hall–Kier alpha value is -0.990. The largest absolute Gasteiger partial charge is 0.415 e. The van der Waals surface area contributed by atoms with Gasteiger partial charge in [0.05, 0.1) is 17.5 Å². The average Bonchev–Trinajstić information content (AvgIpc) is 3.08. The van der Waals surface area contributed by atoms with Gasteiger partial charge >= 0.3 is 0 Å². The average molecular weight is 329 g/mol. The number of amides is 1. The fourth-order valence-corrected chi connectivity index (χ4v) is 3.19. The van der Waals surface area contributed by atoms with Crippen molar-refractivity contribution in [2.24, 2.45) is 0 Å². The van der Waals surface area contributed by atoms with Gasteiger partial charge in [0, 0.05) is 4.88 Å². The third-order valence-electron chi connectivity index (χ3n) is 2.39. The van der Waals surface area contributed by atoms with Crippen molar-refractivity contribution < 1.29 is 9.21 Å². The molecule has 0 aliphatic carbocycles. The highest BCUT2D eigenvalue weighted by Crippen LogP contribution is 2.20. The first-order chi connectivity index (χ1) is 9.69.